The van der Waals surface area contributed by atoms with Crippen molar-refractivity contribution in [2.75, 3.05) is 37.2 Å². The molecule has 0 saturated carbocycles. The Hall–Kier alpha value is -2.60. The normalized spacial score (nSPS) is 19.0. The molecule has 6 nitrogen and oxygen atoms in total. The maximum Gasteiger partial charge on any atom is 0.225 e. The Labute approximate surface area is 179 Å². The Kier molecular flexibility index (Phi) is 6.53. The van der Waals surface area contributed by atoms with Crippen LogP contribution in [0.3, 0.4) is 0 Å². The van der Waals surface area contributed by atoms with Crippen molar-refractivity contribution < 1.29 is 4.79 Å². The van der Waals surface area contributed by atoms with Crippen LogP contribution >= 0.6 is 0 Å². The van der Waals surface area contributed by atoms with Gasteiger partial charge in [0.15, 0.2) is 0 Å². The molecular formula is C24H33N5O. The zero-order valence-corrected chi connectivity index (χ0v) is 17.9. The van der Waals surface area contributed by atoms with Crippen molar-refractivity contribution in [1.29, 1.82) is 0 Å². The molecule has 0 bridgehead atoms. The standard InChI is InChI=1S/C24H33N5O/c1-18-2-4-21(5-3-18)27-22-9-14-29(15-10-22)24(30)20-7-12-28(13-8-20)17-19-6-11-26-23(25)16-19/h2-6,11,16,20,22,27H,7-10,12-15,17H2,1H3,(H2,25,26). The van der Waals surface area contributed by atoms with E-state index >= 15 is 0 Å². The van der Waals surface area contributed by atoms with E-state index in [0.29, 0.717) is 17.8 Å². The Balaban J connectivity index is 1.21. The number of pyridine rings is 1. The molecule has 6 heteroatoms. The molecule has 1 aromatic heterocycles. The van der Waals surface area contributed by atoms with Crippen molar-refractivity contribution in [2.24, 2.45) is 5.92 Å². The quantitative estimate of drug-likeness (QED) is 0.796. The van der Waals surface area contributed by atoms with Crippen LogP contribution < -0.4 is 11.1 Å². The molecule has 0 radical (unpaired) electrons. The van der Waals surface area contributed by atoms with Gasteiger partial charge >= 0.3 is 0 Å². The molecular weight excluding hydrogens is 374 g/mol. The van der Waals surface area contributed by atoms with Crippen LogP contribution in [0.2, 0.25) is 0 Å². The van der Waals surface area contributed by atoms with Gasteiger partial charge in [-0.3, -0.25) is 9.69 Å². The zero-order chi connectivity index (χ0) is 20.9. The van der Waals surface area contributed by atoms with Crippen molar-refractivity contribution in [3.63, 3.8) is 0 Å². The number of nitrogens with two attached hydrogens (primary N) is 1. The number of nitrogen functional groups attached to an aromatic ring is 1. The fourth-order valence-corrected chi connectivity index (χ4v) is 4.58. The molecule has 2 saturated heterocycles. The molecule has 1 amide bonds. The highest BCUT2D eigenvalue weighted by Gasteiger charge is 2.30. The molecule has 160 valence electrons. The van der Waals surface area contributed by atoms with E-state index in [0.717, 1.165) is 58.4 Å². The van der Waals surface area contributed by atoms with Gasteiger partial charge < -0.3 is 16.0 Å². The topological polar surface area (TPSA) is 74.5 Å². The molecule has 0 aliphatic carbocycles. The predicted molar refractivity (Wildman–Crippen MR) is 121 cm³/mol. The minimum absolute atomic E-state index is 0.172. The van der Waals surface area contributed by atoms with Crippen molar-refractivity contribution in [2.45, 2.75) is 45.2 Å². The number of amides is 1. The summed E-state index contributed by atoms with van der Waals surface area (Å²) in [5, 5.41) is 3.62. The molecule has 3 heterocycles. The fraction of sp³-hybridized carbons (Fsp3) is 0.500. The first-order valence-corrected chi connectivity index (χ1v) is 11.1. The third kappa shape index (κ3) is 5.30. The average molecular weight is 408 g/mol. The summed E-state index contributed by atoms with van der Waals surface area (Å²) in [7, 11) is 0. The molecule has 3 N–H and O–H groups in total. The second-order valence-corrected chi connectivity index (χ2v) is 8.75. The molecule has 4 rings (SSSR count). The van der Waals surface area contributed by atoms with E-state index in [1.54, 1.807) is 6.20 Å². The second kappa shape index (κ2) is 9.47. The summed E-state index contributed by atoms with van der Waals surface area (Å²) in [5.41, 5.74) is 9.42. The van der Waals surface area contributed by atoms with Crippen molar-refractivity contribution in [1.82, 2.24) is 14.8 Å². The van der Waals surface area contributed by atoms with Crippen molar-refractivity contribution >= 4 is 17.4 Å². The molecule has 2 fully saturated rings. The van der Waals surface area contributed by atoms with Crippen LogP contribution in [-0.2, 0) is 11.3 Å². The molecule has 2 aliphatic rings. The third-order valence-corrected chi connectivity index (χ3v) is 6.42. The van der Waals surface area contributed by atoms with Crippen LogP contribution in [0.15, 0.2) is 42.6 Å². The summed E-state index contributed by atoms with van der Waals surface area (Å²) in [4.78, 5) is 21.6. The minimum Gasteiger partial charge on any atom is -0.384 e. The summed E-state index contributed by atoms with van der Waals surface area (Å²) < 4.78 is 0. The number of likely N-dealkylation sites (tertiary alicyclic amines) is 2. The highest BCUT2D eigenvalue weighted by molar-refractivity contribution is 5.79. The maximum absolute atomic E-state index is 13.0. The maximum atomic E-state index is 13.0. The number of rotatable bonds is 5. The van der Waals surface area contributed by atoms with Gasteiger partial charge in [-0.05, 0) is 75.5 Å². The van der Waals surface area contributed by atoms with Gasteiger partial charge in [0.2, 0.25) is 5.91 Å². The first kappa shape index (κ1) is 20.7. The number of piperidine rings is 2. The van der Waals surface area contributed by atoms with Crippen LogP contribution in [-0.4, -0.2) is 52.9 Å². The molecule has 2 aromatic rings. The summed E-state index contributed by atoms with van der Waals surface area (Å²) in [5.74, 6) is 1.10. The Morgan fingerprint density at radius 3 is 2.43 bits per heavy atom. The number of carbonyl (C=O) groups excluding carboxylic acids is 1. The van der Waals surface area contributed by atoms with Crippen LogP contribution in [0.4, 0.5) is 11.5 Å². The first-order valence-electron chi connectivity index (χ1n) is 11.1. The second-order valence-electron chi connectivity index (χ2n) is 8.75. The monoisotopic (exact) mass is 407 g/mol. The summed E-state index contributed by atoms with van der Waals surface area (Å²) in [6.07, 6.45) is 5.68. The van der Waals surface area contributed by atoms with Crippen LogP contribution in [0.1, 0.15) is 36.8 Å². The van der Waals surface area contributed by atoms with Gasteiger partial charge in [0.1, 0.15) is 5.82 Å². The van der Waals surface area contributed by atoms with Gasteiger partial charge in [0.05, 0.1) is 0 Å². The van der Waals surface area contributed by atoms with Gasteiger partial charge in [0, 0.05) is 43.5 Å². The Morgan fingerprint density at radius 1 is 1.07 bits per heavy atom. The van der Waals surface area contributed by atoms with Gasteiger partial charge in [-0.2, -0.15) is 0 Å². The van der Waals surface area contributed by atoms with E-state index in [1.165, 1.54) is 16.8 Å². The van der Waals surface area contributed by atoms with E-state index < -0.39 is 0 Å². The lowest BCUT2D eigenvalue weighted by Gasteiger charge is -2.37. The molecule has 0 unspecified atom stereocenters. The van der Waals surface area contributed by atoms with E-state index in [4.69, 9.17) is 5.73 Å². The highest BCUT2D eigenvalue weighted by Crippen LogP contribution is 2.24. The lowest BCUT2D eigenvalue weighted by Crippen LogP contribution is -2.47. The first-order chi connectivity index (χ1) is 14.6. The molecule has 1 aromatic carbocycles. The number of hydrogen-bond acceptors (Lipinski definition) is 5. The van der Waals surface area contributed by atoms with E-state index in [2.05, 4.69) is 51.3 Å². The Bertz CT molecular complexity index is 837. The zero-order valence-electron chi connectivity index (χ0n) is 17.9. The predicted octanol–water partition coefficient (Wildman–Crippen LogP) is 3.29. The number of nitrogens with one attached hydrogen (secondary N) is 1. The number of carbonyl (C=O) groups is 1. The third-order valence-electron chi connectivity index (χ3n) is 6.42. The minimum atomic E-state index is 0.172. The number of aromatic nitrogens is 1. The molecule has 2 aliphatic heterocycles. The van der Waals surface area contributed by atoms with Crippen LogP contribution in [0, 0.1) is 12.8 Å². The van der Waals surface area contributed by atoms with Gasteiger partial charge in [-0.1, -0.05) is 17.7 Å². The van der Waals surface area contributed by atoms with E-state index in [-0.39, 0.29) is 5.92 Å². The van der Waals surface area contributed by atoms with E-state index in [9.17, 15) is 4.79 Å². The number of aryl methyl sites for hydroxylation is 1. The van der Waals surface area contributed by atoms with E-state index in [1.807, 2.05) is 12.1 Å². The lowest BCUT2D eigenvalue weighted by molar-refractivity contribution is -0.138. The number of nitrogens with zero attached hydrogens (tertiary/aromatic N) is 3. The van der Waals surface area contributed by atoms with Crippen LogP contribution in [0.25, 0.3) is 0 Å². The largest absolute Gasteiger partial charge is 0.384 e. The van der Waals surface area contributed by atoms with Gasteiger partial charge in [0.25, 0.3) is 0 Å². The highest BCUT2D eigenvalue weighted by atomic mass is 16.2. The van der Waals surface area contributed by atoms with Gasteiger partial charge in [-0.25, -0.2) is 4.98 Å². The summed E-state index contributed by atoms with van der Waals surface area (Å²) in [6.45, 7) is 6.63. The smallest absolute Gasteiger partial charge is 0.225 e. The van der Waals surface area contributed by atoms with Gasteiger partial charge in [-0.15, -0.1) is 0 Å². The average Bonchev–Trinajstić information content (AvgIpc) is 2.76. The number of hydrogen-bond donors (Lipinski definition) is 2. The number of benzene rings is 1. The number of anilines is 2. The lowest BCUT2D eigenvalue weighted by atomic mass is 9.93. The molecule has 0 atom stereocenters. The van der Waals surface area contributed by atoms with Crippen molar-refractivity contribution in [3.05, 3.63) is 53.7 Å². The SMILES string of the molecule is Cc1ccc(NC2CCN(C(=O)C3CCN(Cc4ccnc(N)c4)CC3)CC2)cc1. The van der Waals surface area contributed by atoms with Crippen LogP contribution in [0.5, 0.6) is 0 Å². The summed E-state index contributed by atoms with van der Waals surface area (Å²) in [6, 6.07) is 13.0. The fourth-order valence-electron chi connectivity index (χ4n) is 4.58. The van der Waals surface area contributed by atoms with Crippen molar-refractivity contribution in [3.8, 4) is 0 Å². The Morgan fingerprint density at radius 2 is 1.77 bits per heavy atom. The summed E-state index contributed by atoms with van der Waals surface area (Å²) >= 11 is 0. The molecule has 0 spiro atoms. The molecule has 30 heavy (non-hydrogen) atoms.